The van der Waals surface area contributed by atoms with Crippen molar-refractivity contribution in [3.05, 3.63) is 89.2 Å². The number of carbonyl (C=O) groups excluding carboxylic acids is 2. The molecule has 1 aliphatic heterocycles. The summed E-state index contributed by atoms with van der Waals surface area (Å²) in [4.78, 5) is 32.0. The topological polar surface area (TPSA) is 76.5 Å². The monoisotopic (exact) mass is 468 g/mol. The van der Waals surface area contributed by atoms with Crippen LogP contribution < -0.4 is 10.1 Å². The summed E-state index contributed by atoms with van der Waals surface area (Å²) >= 11 is 0. The van der Waals surface area contributed by atoms with Crippen molar-refractivity contribution >= 4 is 28.5 Å². The Labute approximate surface area is 204 Å². The van der Waals surface area contributed by atoms with E-state index in [1.165, 1.54) is 6.92 Å². The van der Waals surface area contributed by atoms with Gasteiger partial charge in [0.1, 0.15) is 17.7 Å². The number of aromatic nitrogens is 2. The summed E-state index contributed by atoms with van der Waals surface area (Å²) in [5, 5.41) is 2.81. The normalized spacial score (nSPS) is 14.4. The molecule has 0 saturated carbocycles. The van der Waals surface area contributed by atoms with Crippen molar-refractivity contribution in [2.24, 2.45) is 0 Å². The lowest BCUT2D eigenvalue weighted by molar-refractivity contribution is -0.114. The molecule has 2 amide bonds. The van der Waals surface area contributed by atoms with Crippen molar-refractivity contribution in [3.8, 4) is 5.75 Å². The predicted molar refractivity (Wildman–Crippen MR) is 136 cm³/mol. The maximum absolute atomic E-state index is 13.8. The summed E-state index contributed by atoms with van der Waals surface area (Å²) in [6.45, 7) is 4.42. The molecule has 2 heterocycles. The third kappa shape index (κ3) is 4.62. The Hall–Kier alpha value is -4.13. The van der Waals surface area contributed by atoms with Gasteiger partial charge in [-0.1, -0.05) is 48.5 Å². The molecule has 5 rings (SSSR count). The van der Waals surface area contributed by atoms with Gasteiger partial charge in [0, 0.05) is 32.6 Å². The molecule has 0 aliphatic carbocycles. The first-order valence-corrected chi connectivity index (χ1v) is 11.7. The number of carbonyl (C=O) groups is 2. The Kier molecular flexibility index (Phi) is 5.99. The van der Waals surface area contributed by atoms with Crippen LogP contribution in [-0.2, 0) is 17.8 Å². The number of amides is 2. The molecule has 4 aromatic rings. The molecule has 0 radical (unpaired) electrons. The first-order chi connectivity index (χ1) is 16.9. The molecular formula is C28H28N4O3. The highest BCUT2D eigenvalue weighted by Gasteiger charge is 2.27. The Morgan fingerprint density at radius 3 is 2.60 bits per heavy atom. The second-order valence-electron chi connectivity index (χ2n) is 9.04. The van der Waals surface area contributed by atoms with Crippen LogP contribution >= 0.6 is 0 Å². The van der Waals surface area contributed by atoms with Crippen LogP contribution in [0, 0.1) is 6.92 Å². The Morgan fingerprint density at radius 1 is 1.11 bits per heavy atom. The maximum Gasteiger partial charge on any atom is 0.256 e. The fourth-order valence-electron chi connectivity index (χ4n) is 4.73. The number of imidazole rings is 1. The minimum atomic E-state index is -0.200. The van der Waals surface area contributed by atoms with Gasteiger partial charge in [-0.15, -0.1) is 0 Å². The maximum atomic E-state index is 13.8. The molecule has 7 heteroatoms. The van der Waals surface area contributed by atoms with Gasteiger partial charge in [-0.3, -0.25) is 9.59 Å². The summed E-state index contributed by atoms with van der Waals surface area (Å²) in [6, 6.07) is 21.6. The summed E-state index contributed by atoms with van der Waals surface area (Å²) in [7, 11) is 1.79. The second kappa shape index (κ2) is 9.25. The van der Waals surface area contributed by atoms with Gasteiger partial charge in [0.15, 0.2) is 0 Å². The number of hydrogen-bond acceptors (Lipinski definition) is 4. The van der Waals surface area contributed by atoms with Crippen molar-refractivity contribution in [1.82, 2.24) is 14.5 Å². The van der Waals surface area contributed by atoms with E-state index in [4.69, 9.17) is 9.72 Å². The van der Waals surface area contributed by atoms with E-state index in [1.54, 1.807) is 18.0 Å². The molecule has 0 saturated heterocycles. The van der Waals surface area contributed by atoms with Gasteiger partial charge in [-0.25, -0.2) is 4.98 Å². The van der Waals surface area contributed by atoms with Crippen molar-refractivity contribution in [2.75, 3.05) is 18.9 Å². The van der Waals surface area contributed by atoms with Gasteiger partial charge in [0.2, 0.25) is 5.91 Å². The van der Waals surface area contributed by atoms with Crippen molar-refractivity contribution < 1.29 is 14.3 Å². The minimum Gasteiger partial charge on any atom is -0.488 e. The number of rotatable bonds is 6. The Morgan fingerprint density at radius 2 is 1.86 bits per heavy atom. The number of anilines is 1. The summed E-state index contributed by atoms with van der Waals surface area (Å²) in [5.74, 6) is 1.34. The van der Waals surface area contributed by atoms with Crippen LogP contribution in [0.25, 0.3) is 11.0 Å². The van der Waals surface area contributed by atoms with Gasteiger partial charge in [0.25, 0.3) is 5.91 Å². The highest BCUT2D eigenvalue weighted by Crippen LogP contribution is 2.30. The molecule has 0 spiro atoms. The summed E-state index contributed by atoms with van der Waals surface area (Å²) < 4.78 is 8.13. The number of hydrogen-bond donors (Lipinski definition) is 1. The molecule has 1 aliphatic rings. The number of nitrogens with one attached hydrogen (secondary N) is 1. The van der Waals surface area contributed by atoms with Gasteiger partial charge < -0.3 is 19.5 Å². The largest absolute Gasteiger partial charge is 0.488 e. The molecule has 1 aromatic heterocycles. The van der Waals surface area contributed by atoms with Crippen LogP contribution in [0.3, 0.4) is 0 Å². The fourth-order valence-corrected chi connectivity index (χ4v) is 4.73. The van der Waals surface area contributed by atoms with Crippen LogP contribution in [0.5, 0.6) is 5.75 Å². The molecule has 1 N–H and O–H groups in total. The number of fused-ring (bicyclic) bond motifs is 2. The first kappa shape index (κ1) is 22.7. The number of ether oxygens (including phenoxy) is 1. The zero-order chi connectivity index (χ0) is 24.5. The van der Waals surface area contributed by atoms with Crippen LogP contribution in [0.2, 0.25) is 0 Å². The molecule has 0 fully saturated rings. The van der Waals surface area contributed by atoms with E-state index in [-0.39, 0.29) is 17.9 Å². The lowest BCUT2D eigenvalue weighted by Crippen LogP contribution is -2.36. The number of aryl methyl sites for hydroxylation is 1. The lowest BCUT2D eigenvalue weighted by Gasteiger charge is -2.22. The lowest BCUT2D eigenvalue weighted by atomic mass is 10.1. The van der Waals surface area contributed by atoms with Gasteiger partial charge in [-0.2, -0.15) is 0 Å². The highest BCUT2D eigenvalue weighted by atomic mass is 16.5. The number of nitrogens with zero attached hydrogens (tertiary/aromatic N) is 3. The van der Waals surface area contributed by atoms with E-state index in [1.807, 2.05) is 49.4 Å². The van der Waals surface area contributed by atoms with Gasteiger partial charge in [0.05, 0.1) is 23.1 Å². The quantitative estimate of drug-likeness (QED) is 0.454. The number of benzene rings is 3. The van der Waals surface area contributed by atoms with Crippen molar-refractivity contribution in [1.29, 1.82) is 0 Å². The number of likely N-dealkylation sites (N-methyl/N-ethyl adjacent to an activating group) is 1. The first-order valence-electron chi connectivity index (χ1n) is 11.7. The molecule has 178 valence electrons. The SMILES string of the molecule is CC(=O)Nc1cc(C(=O)N(C)C[C@@H]2Cc3ccccc3O2)c2c(c1)nc(C)n2Cc1ccccc1. The van der Waals surface area contributed by atoms with Crippen LogP contribution in [-0.4, -0.2) is 46.0 Å². The third-order valence-corrected chi connectivity index (χ3v) is 6.30. The average Bonchev–Trinajstić information content (AvgIpc) is 3.38. The molecule has 1 atom stereocenters. The minimum absolute atomic E-state index is 0.105. The zero-order valence-electron chi connectivity index (χ0n) is 20.1. The zero-order valence-corrected chi connectivity index (χ0v) is 20.1. The van der Waals surface area contributed by atoms with Gasteiger partial charge >= 0.3 is 0 Å². The van der Waals surface area contributed by atoms with Gasteiger partial charge in [-0.05, 0) is 36.2 Å². The smallest absolute Gasteiger partial charge is 0.256 e. The van der Waals surface area contributed by atoms with E-state index in [0.29, 0.717) is 29.9 Å². The van der Waals surface area contributed by atoms with E-state index in [2.05, 4.69) is 28.1 Å². The van der Waals surface area contributed by atoms with E-state index in [9.17, 15) is 9.59 Å². The van der Waals surface area contributed by atoms with E-state index in [0.717, 1.165) is 34.6 Å². The Bertz CT molecular complexity index is 1390. The molecule has 3 aromatic carbocycles. The molecule has 7 nitrogen and oxygen atoms in total. The summed E-state index contributed by atoms with van der Waals surface area (Å²) in [6.07, 6.45) is 0.659. The molecule has 0 bridgehead atoms. The third-order valence-electron chi connectivity index (χ3n) is 6.30. The van der Waals surface area contributed by atoms with E-state index >= 15 is 0 Å². The van der Waals surface area contributed by atoms with Crippen molar-refractivity contribution in [2.45, 2.75) is 32.9 Å². The molecular weight excluding hydrogens is 440 g/mol. The Balaban J connectivity index is 1.50. The predicted octanol–water partition coefficient (Wildman–Crippen LogP) is 4.43. The van der Waals surface area contributed by atoms with Crippen LogP contribution in [0.1, 0.15) is 34.2 Å². The van der Waals surface area contributed by atoms with Crippen LogP contribution in [0.15, 0.2) is 66.7 Å². The summed E-state index contributed by atoms with van der Waals surface area (Å²) in [5.41, 5.74) is 4.75. The second-order valence-corrected chi connectivity index (χ2v) is 9.04. The average molecular weight is 469 g/mol. The van der Waals surface area contributed by atoms with Crippen molar-refractivity contribution in [3.63, 3.8) is 0 Å². The molecule has 0 unspecified atom stereocenters. The fraction of sp³-hybridized carbons (Fsp3) is 0.250. The number of para-hydroxylation sites is 1. The van der Waals surface area contributed by atoms with Crippen LogP contribution in [0.4, 0.5) is 5.69 Å². The van der Waals surface area contributed by atoms with E-state index < -0.39 is 0 Å². The standard InChI is InChI=1S/C28H28N4O3/c1-18-29-25-15-22(30-19(2)33)14-24(27(25)32(18)16-20-9-5-4-6-10-20)28(34)31(3)17-23-13-21-11-7-8-12-26(21)35-23/h4-12,14-15,23H,13,16-17H2,1-3H3,(H,30,33)/t23-/m0/s1. The molecule has 35 heavy (non-hydrogen) atoms. The highest BCUT2D eigenvalue weighted by molar-refractivity contribution is 6.07.